The van der Waals surface area contributed by atoms with Gasteiger partial charge >= 0.3 is 23.9 Å². The Morgan fingerprint density at radius 1 is 0.571 bits per heavy atom. The predicted molar refractivity (Wildman–Crippen MR) is 214 cm³/mol. The second-order valence-electron chi connectivity index (χ2n) is 12.6. The maximum Gasteiger partial charge on any atom is 0.336 e. The van der Waals surface area contributed by atoms with Crippen LogP contribution < -0.4 is 10.6 Å². The van der Waals surface area contributed by atoms with Gasteiger partial charge in [0.25, 0.3) is 0 Å². The summed E-state index contributed by atoms with van der Waals surface area (Å²) in [5, 5.41) is 7.16. The molecule has 2 aliphatic heterocycles. The van der Waals surface area contributed by atoms with E-state index in [1.807, 2.05) is 26.0 Å². The van der Waals surface area contributed by atoms with Crippen LogP contribution in [0.3, 0.4) is 0 Å². The second-order valence-corrected chi connectivity index (χ2v) is 13.4. The highest BCUT2D eigenvalue weighted by Crippen LogP contribution is 2.43. The van der Waals surface area contributed by atoms with Crippen molar-refractivity contribution in [3.8, 4) is 0 Å². The molecule has 0 aliphatic carbocycles. The topological polar surface area (TPSA) is 148 Å². The molecule has 0 unspecified atom stereocenters. The van der Waals surface area contributed by atoms with Crippen LogP contribution in [-0.2, 0) is 47.6 Å². The molecule has 2 N–H and O–H groups in total. The van der Waals surface area contributed by atoms with Crippen molar-refractivity contribution in [2.45, 2.75) is 66.2 Å². The van der Waals surface area contributed by atoms with Gasteiger partial charge in [-0.1, -0.05) is 73.4 Å². The molecule has 2 heterocycles. The Morgan fingerprint density at radius 3 is 1.23 bits per heavy atom. The molecule has 2 aromatic rings. The van der Waals surface area contributed by atoms with Crippen molar-refractivity contribution in [2.75, 3.05) is 53.9 Å². The van der Waals surface area contributed by atoms with Crippen molar-refractivity contribution in [2.24, 2.45) is 0 Å². The molecule has 2 aromatic carbocycles. The van der Waals surface area contributed by atoms with E-state index >= 15 is 0 Å². The summed E-state index contributed by atoms with van der Waals surface area (Å²) in [4.78, 5) is 51.0. The number of benzene rings is 2. The Bertz CT molecular complexity index is 1730. The van der Waals surface area contributed by atoms with Crippen LogP contribution in [0, 0.1) is 0 Å². The number of rotatable bonds is 16. The van der Waals surface area contributed by atoms with Crippen LogP contribution >= 0.6 is 23.2 Å². The van der Waals surface area contributed by atoms with E-state index in [9.17, 15) is 19.2 Å². The normalized spacial score (nSPS) is 16.7. The third-order valence-electron chi connectivity index (χ3n) is 8.71. The van der Waals surface area contributed by atoms with E-state index in [1.54, 1.807) is 64.1 Å². The van der Waals surface area contributed by atoms with Gasteiger partial charge in [-0.15, -0.1) is 0 Å². The number of allylic oxidation sites excluding steroid dienone is 2. The van der Waals surface area contributed by atoms with E-state index in [4.69, 9.17) is 51.6 Å². The average molecular weight is 816 g/mol. The van der Waals surface area contributed by atoms with E-state index in [1.165, 1.54) is 14.2 Å². The summed E-state index contributed by atoms with van der Waals surface area (Å²) in [6.45, 7) is 12.9. The third-order valence-corrected chi connectivity index (χ3v) is 9.40. The molecule has 0 radical (unpaired) electrons. The molecule has 12 nitrogen and oxygen atoms in total. The third kappa shape index (κ3) is 11.2. The highest BCUT2D eigenvalue weighted by atomic mass is 35.5. The van der Waals surface area contributed by atoms with Gasteiger partial charge in [-0.3, -0.25) is 0 Å². The minimum Gasteiger partial charge on any atom is -0.466 e. The van der Waals surface area contributed by atoms with Gasteiger partial charge in [0, 0.05) is 34.7 Å². The molecule has 0 spiro atoms. The molecule has 0 bridgehead atoms. The lowest BCUT2D eigenvalue weighted by Crippen LogP contribution is -2.34. The number of carbonyl (C=O) groups excluding carboxylic acids is 4. The Labute approximate surface area is 339 Å². The molecule has 0 aromatic heterocycles. The molecule has 304 valence electrons. The maximum absolute atomic E-state index is 12.9. The van der Waals surface area contributed by atoms with Gasteiger partial charge in [0.2, 0.25) is 0 Å². The first-order valence-electron chi connectivity index (χ1n) is 18.5. The largest absolute Gasteiger partial charge is 0.466 e. The average Bonchev–Trinajstić information content (AvgIpc) is 3.18. The van der Waals surface area contributed by atoms with Crippen molar-refractivity contribution < 1.29 is 47.6 Å². The van der Waals surface area contributed by atoms with Gasteiger partial charge in [-0.2, -0.15) is 0 Å². The number of carbonyl (C=O) groups is 4. The van der Waals surface area contributed by atoms with E-state index in [2.05, 4.69) is 10.6 Å². The SMILES string of the molecule is CCCOCC1=C(C(=O)OCC)[C@@H](c2ccccc2Cl)C(C(=O)OC)=C(C)N1.CCCOCC1=C(C(=O)OCC)[C@H](c2ccccc2Cl)C(C(=O)OC)=C(C)N1. The number of nitrogens with one attached hydrogen (secondary N) is 2. The monoisotopic (exact) mass is 814 g/mol. The standard InChI is InChI=1S/2C21H26ClNO5/c2*1-5-11-27-12-16-19(21(25)28-6-2)18(14-9-7-8-10-15(14)22)17(13(3)23-16)20(24)26-4/h2*7-10,18,23H,5-6,11-12H2,1-4H3/t2*18-/m10/s1. The summed E-state index contributed by atoms with van der Waals surface area (Å²) < 4.78 is 31.9. The van der Waals surface area contributed by atoms with Crippen LogP contribution in [0.15, 0.2) is 93.6 Å². The molecule has 0 saturated carbocycles. The van der Waals surface area contributed by atoms with Crippen molar-refractivity contribution in [1.29, 1.82) is 0 Å². The number of ether oxygens (including phenoxy) is 6. The lowest BCUT2D eigenvalue weighted by Gasteiger charge is -2.31. The molecular weight excluding hydrogens is 763 g/mol. The molecule has 56 heavy (non-hydrogen) atoms. The minimum atomic E-state index is -0.721. The van der Waals surface area contributed by atoms with Gasteiger partial charge in [0.15, 0.2) is 0 Å². The van der Waals surface area contributed by atoms with E-state index in [0.29, 0.717) is 79.5 Å². The lowest BCUT2D eigenvalue weighted by molar-refractivity contribution is -0.140. The van der Waals surface area contributed by atoms with Crippen LogP contribution in [0.5, 0.6) is 0 Å². The first-order valence-corrected chi connectivity index (χ1v) is 19.2. The Morgan fingerprint density at radius 2 is 0.929 bits per heavy atom. The summed E-state index contributed by atoms with van der Waals surface area (Å²) in [5.41, 5.74) is 4.77. The smallest absolute Gasteiger partial charge is 0.336 e. The maximum atomic E-state index is 12.9. The molecular formula is C42H52Cl2N2O10. The van der Waals surface area contributed by atoms with Crippen molar-refractivity contribution in [1.82, 2.24) is 10.6 Å². The minimum absolute atomic E-state index is 0.189. The summed E-state index contributed by atoms with van der Waals surface area (Å²) in [6, 6.07) is 14.2. The van der Waals surface area contributed by atoms with E-state index in [-0.39, 0.29) is 26.4 Å². The number of hydrogen-bond donors (Lipinski definition) is 2. The second kappa shape index (κ2) is 22.8. The summed E-state index contributed by atoms with van der Waals surface area (Å²) in [7, 11) is 2.61. The molecule has 0 saturated heterocycles. The Hall–Kier alpha value is -4.62. The molecule has 4 rings (SSSR count). The summed E-state index contributed by atoms with van der Waals surface area (Å²) >= 11 is 12.9. The highest BCUT2D eigenvalue weighted by Gasteiger charge is 2.41. The lowest BCUT2D eigenvalue weighted by atomic mass is 9.80. The fraction of sp³-hybridized carbons (Fsp3) is 0.429. The molecule has 2 aliphatic rings. The number of esters is 4. The van der Waals surface area contributed by atoms with Gasteiger partial charge in [0.05, 0.1) is 86.2 Å². The summed E-state index contributed by atoms with van der Waals surface area (Å²) in [5.74, 6) is -3.56. The van der Waals surface area contributed by atoms with Crippen LogP contribution in [0.1, 0.15) is 77.3 Å². The Kier molecular flexibility index (Phi) is 18.6. The van der Waals surface area contributed by atoms with Gasteiger partial charge in [-0.25, -0.2) is 19.2 Å². The fourth-order valence-corrected chi connectivity index (χ4v) is 6.85. The first kappa shape index (κ1) is 45.8. The number of dihydropyridines is 2. The van der Waals surface area contributed by atoms with Crippen molar-refractivity contribution >= 4 is 47.1 Å². The fourth-order valence-electron chi connectivity index (χ4n) is 6.36. The molecule has 0 fully saturated rings. The van der Waals surface area contributed by atoms with Crippen molar-refractivity contribution in [3.63, 3.8) is 0 Å². The van der Waals surface area contributed by atoms with Crippen LogP contribution in [0.4, 0.5) is 0 Å². The van der Waals surface area contributed by atoms with Crippen LogP contribution in [-0.4, -0.2) is 77.7 Å². The zero-order valence-corrected chi connectivity index (χ0v) is 34.8. The van der Waals surface area contributed by atoms with Gasteiger partial charge in [-0.05, 0) is 63.8 Å². The highest BCUT2D eigenvalue weighted by molar-refractivity contribution is 6.32. The van der Waals surface area contributed by atoms with Crippen LogP contribution in [0.25, 0.3) is 0 Å². The van der Waals surface area contributed by atoms with E-state index in [0.717, 1.165) is 12.8 Å². The van der Waals surface area contributed by atoms with Gasteiger partial charge in [0.1, 0.15) is 0 Å². The number of methoxy groups -OCH3 is 2. The molecule has 14 heteroatoms. The van der Waals surface area contributed by atoms with E-state index < -0.39 is 35.7 Å². The van der Waals surface area contributed by atoms with Crippen molar-refractivity contribution in [3.05, 3.63) is 115 Å². The zero-order chi connectivity index (χ0) is 41.4. The molecule has 2 atom stereocenters. The first-order chi connectivity index (χ1) is 26.9. The summed E-state index contributed by atoms with van der Waals surface area (Å²) in [6.07, 6.45) is 1.69. The number of hydrogen-bond acceptors (Lipinski definition) is 12. The Balaban J connectivity index is 0.000000300. The zero-order valence-electron chi connectivity index (χ0n) is 33.3. The number of halogens is 2. The van der Waals surface area contributed by atoms with Crippen LogP contribution in [0.2, 0.25) is 10.0 Å². The molecule has 0 amide bonds. The predicted octanol–water partition coefficient (Wildman–Crippen LogP) is 7.44. The van der Waals surface area contributed by atoms with Gasteiger partial charge < -0.3 is 39.1 Å². The quantitative estimate of drug-likeness (QED) is 0.0987.